The van der Waals surface area contributed by atoms with Crippen LogP contribution in [0.1, 0.15) is 31.4 Å². The molecule has 0 saturated carbocycles. The summed E-state index contributed by atoms with van der Waals surface area (Å²) < 4.78 is 0. The van der Waals surface area contributed by atoms with E-state index in [0.29, 0.717) is 5.92 Å². The highest BCUT2D eigenvalue weighted by Crippen LogP contribution is 2.27. The number of aliphatic hydroxyl groups is 2. The Bertz CT molecular complexity index is 360. The van der Waals surface area contributed by atoms with Gasteiger partial charge in [-0.05, 0) is 31.7 Å². The van der Waals surface area contributed by atoms with Crippen molar-refractivity contribution in [3.05, 3.63) is 23.9 Å². The summed E-state index contributed by atoms with van der Waals surface area (Å²) in [6.45, 7) is 3.85. The third kappa shape index (κ3) is 2.76. The largest absolute Gasteiger partial charge is 0.396 e. The predicted octanol–water partition coefficient (Wildman–Crippen LogP) is 1.34. The van der Waals surface area contributed by atoms with Gasteiger partial charge in [-0.2, -0.15) is 0 Å². The molecule has 0 bridgehead atoms. The molecular weight excluding hydrogens is 216 g/mol. The maximum absolute atomic E-state index is 9.73. The van der Waals surface area contributed by atoms with Gasteiger partial charge in [0, 0.05) is 31.5 Å². The van der Waals surface area contributed by atoms with Crippen LogP contribution in [0.2, 0.25) is 0 Å². The first-order chi connectivity index (χ1) is 8.22. The van der Waals surface area contributed by atoms with E-state index in [1.54, 1.807) is 13.1 Å². The SMILES string of the molecule is C[C@H](O)c1cccnc1N1CCC(CO)CC1. The molecule has 1 atom stereocenters. The Morgan fingerprint density at radius 1 is 1.47 bits per heavy atom. The topological polar surface area (TPSA) is 56.6 Å². The van der Waals surface area contributed by atoms with Gasteiger partial charge < -0.3 is 15.1 Å². The molecule has 94 valence electrons. The van der Waals surface area contributed by atoms with Crippen molar-refractivity contribution >= 4 is 5.82 Å². The second kappa shape index (κ2) is 5.47. The molecule has 0 amide bonds. The number of piperidine rings is 1. The maximum Gasteiger partial charge on any atom is 0.134 e. The van der Waals surface area contributed by atoms with Crippen LogP contribution in [0, 0.1) is 5.92 Å². The molecule has 1 aromatic rings. The van der Waals surface area contributed by atoms with Gasteiger partial charge in [-0.3, -0.25) is 0 Å². The van der Waals surface area contributed by atoms with Gasteiger partial charge >= 0.3 is 0 Å². The molecule has 0 radical (unpaired) electrons. The van der Waals surface area contributed by atoms with E-state index in [9.17, 15) is 5.11 Å². The van der Waals surface area contributed by atoms with Gasteiger partial charge in [0.2, 0.25) is 0 Å². The molecule has 1 saturated heterocycles. The molecule has 1 aliphatic rings. The van der Waals surface area contributed by atoms with Gasteiger partial charge in [-0.25, -0.2) is 4.98 Å². The molecule has 0 spiro atoms. The average Bonchev–Trinajstić information content (AvgIpc) is 2.39. The summed E-state index contributed by atoms with van der Waals surface area (Å²) in [6, 6.07) is 3.77. The fraction of sp³-hybridized carbons (Fsp3) is 0.615. The van der Waals surface area contributed by atoms with E-state index in [0.717, 1.165) is 37.3 Å². The zero-order chi connectivity index (χ0) is 12.3. The van der Waals surface area contributed by atoms with Crippen LogP contribution >= 0.6 is 0 Å². The van der Waals surface area contributed by atoms with Crippen molar-refractivity contribution in [1.29, 1.82) is 0 Å². The Balaban J connectivity index is 2.13. The van der Waals surface area contributed by atoms with Crippen LogP contribution in [0.3, 0.4) is 0 Å². The minimum atomic E-state index is -0.491. The normalized spacial score (nSPS) is 19.4. The van der Waals surface area contributed by atoms with Crippen LogP contribution in [0.4, 0.5) is 5.82 Å². The van der Waals surface area contributed by atoms with Crippen LogP contribution in [0.5, 0.6) is 0 Å². The summed E-state index contributed by atoms with van der Waals surface area (Å²) in [5.74, 6) is 1.31. The van der Waals surface area contributed by atoms with Gasteiger partial charge in [-0.15, -0.1) is 0 Å². The number of aromatic nitrogens is 1. The van der Waals surface area contributed by atoms with E-state index in [1.165, 1.54) is 0 Å². The van der Waals surface area contributed by atoms with E-state index >= 15 is 0 Å². The quantitative estimate of drug-likeness (QED) is 0.831. The van der Waals surface area contributed by atoms with Crippen LogP contribution in [-0.4, -0.2) is 34.9 Å². The second-order valence-electron chi connectivity index (χ2n) is 4.71. The molecule has 2 N–H and O–H groups in total. The van der Waals surface area contributed by atoms with Gasteiger partial charge in [-0.1, -0.05) is 6.07 Å². The molecule has 0 aliphatic carbocycles. The van der Waals surface area contributed by atoms with Crippen molar-refractivity contribution in [3.63, 3.8) is 0 Å². The minimum Gasteiger partial charge on any atom is -0.396 e. The maximum atomic E-state index is 9.73. The van der Waals surface area contributed by atoms with Crippen LogP contribution < -0.4 is 4.90 Å². The smallest absolute Gasteiger partial charge is 0.134 e. The monoisotopic (exact) mass is 236 g/mol. The van der Waals surface area contributed by atoms with Crippen molar-refractivity contribution in [2.24, 2.45) is 5.92 Å². The summed E-state index contributed by atoms with van der Waals surface area (Å²) in [5, 5.41) is 18.8. The lowest BCUT2D eigenvalue weighted by Crippen LogP contribution is -2.36. The van der Waals surface area contributed by atoms with Gasteiger partial charge in [0.05, 0.1) is 6.10 Å². The van der Waals surface area contributed by atoms with Crippen molar-refractivity contribution in [3.8, 4) is 0 Å². The molecule has 4 heteroatoms. The predicted molar refractivity (Wildman–Crippen MR) is 66.9 cm³/mol. The van der Waals surface area contributed by atoms with Crippen molar-refractivity contribution in [2.45, 2.75) is 25.9 Å². The Hall–Kier alpha value is -1.13. The molecule has 17 heavy (non-hydrogen) atoms. The summed E-state index contributed by atoms with van der Waals surface area (Å²) in [6.07, 6.45) is 3.26. The lowest BCUT2D eigenvalue weighted by molar-refractivity contribution is 0.195. The van der Waals surface area contributed by atoms with E-state index in [1.807, 2.05) is 12.1 Å². The van der Waals surface area contributed by atoms with Crippen LogP contribution in [0.25, 0.3) is 0 Å². The Morgan fingerprint density at radius 2 is 2.18 bits per heavy atom. The molecule has 4 nitrogen and oxygen atoms in total. The van der Waals surface area contributed by atoms with E-state index < -0.39 is 6.10 Å². The fourth-order valence-electron chi connectivity index (χ4n) is 2.33. The van der Waals surface area contributed by atoms with E-state index in [2.05, 4.69) is 9.88 Å². The Kier molecular flexibility index (Phi) is 3.97. The van der Waals surface area contributed by atoms with Gasteiger partial charge in [0.15, 0.2) is 0 Å². The first-order valence-electron chi connectivity index (χ1n) is 6.21. The Labute approximate surface area is 102 Å². The molecule has 1 aromatic heterocycles. The van der Waals surface area contributed by atoms with E-state index in [-0.39, 0.29) is 6.61 Å². The molecule has 1 fully saturated rings. The lowest BCUT2D eigenvalue weighted by Gasteiger charge is -2.33. The third-order valence-corrected chi connectivity index (χ3v) is 3.44. The molecule has 2 rings (SSSR count). The summed E-state index contributed by atoms with van der Waals surface area (Å²) in [7, 11) is 0. The number of pyridine rings is 1. The highest BCUT2D eigenvalue weighted by atomic mass is 16.3. The number of hydrogen-bond donors (Lipinski definition) is 2. The van der Waals surface area contributed by atoms with Gasteiger partial charge in [0.1, 0.15) is 5.82 Å². The number of aliphatic hydroxyl groups excluding tert-OH is 2. The van der Waals surface area contributed by atoms with Gasteiger partial charge in [0.25, 0.3) is 0 Å². The first-order valence-corrected chi connectivity index (χ1v) is 6.21. The van der Waals surface area contributed by atoms with Crippen LogP contribution in [-0.2, 0) is 0 Å². The zero-order valence-corrected chi connectivity index (χ0v) is 10.2. The molecule has 0 unspecified atom stereocenters. The summed E-state index contributed by atoms with van der Waals surface area (Å²) in [5.41, 5.74) is 0.884. The highest BCUT2D eigenvalue weighted by molar-refractivity contribution is 5.48. The lowest BCUT2D eigenvalue weighted by atomic mass is 9.97. The van der Waals surface area contributed by atoms with E-state index in [4.69, 9.17) is 5.11 Å². The standard InChI is InChI=1S/C13H20N2O2/c1-10(17)12-3-2-6-14-13(12)15-7-4-11(9-16)5-8-15/h2-3,6,10-11,16-17H,4-5,7-9H2,1H3/t10-/m0/s1. The zero-order valence-electron chi connectivity index (χ0n) is 10.2. The van der Waals surface area contributed by atoms with Crippen molar-refractivity contribution < 1.29 is 10.2 Å². The fourth-order valence-corrected chi connectivity index (χ4v) is 2.33. The minimum absolute atomic E-state index is 0.277. The molecule has 1 aliphatic heterocycles. The average molecular weight is 236 g/mol. The number of hydrogen-bond acceptors (Lipinski definition) is 4. The van der Waals surface area contributed by atoms with Crippen molar-refractivity contribution in [1.82, 2.24) is 4.98 Å². The number of nitrogens with zero attached hydrogens (tertiary/aromatic N) is 2. The Morgan fingerprint density at radius 3 is 2.76 bits per heavy atom. The number of anilines is 1. The first kappa shape index (κ1) is 12.3. The third-order valence-electron chi connectivity index (χ3n) is 3.44. The van der Waals surface area contributed by atoms with Crippen LogP contribution in [0.15, 0.2) is 18.3 Å². The molecule has 2 heterocycles. The van der Waals surface area contributed by atoms with Crippen molar-refractivity contribution in [2.75, 3.05) is 24.6 Å². The summed E-state index contributed by atoms with van der Waals surface area (Å²) in [4.78, 5) is 6.58. The second-order valence-corrected chi connectivity index (χ2v) is 4.71. The highest BCUT2D eigenvalue weighted by Gasteiger charge is 2.22. The number of rotatable bonds is 3. The molecule has 0 aromatic carbocycles. The summed E-state index contributed by atoms with van der Waals surface area (Å²) >= 11 is 0. The molecular formula is C13H20N2O2.